The Hall–Kier alpha value is -1.26. The molecule has 3 rings (SSSR count). The van der Waals surface area contributed by atoms with Crippen LogP contribution in [-0.4, -0.2) is 6.54 Å². The number of fused-ring (bicyclic) bond motifs is 1. The van der Waals surface area contributed by atoms with E-state index >= 15 is 0 Å². The Morgan fingerprint density at radius 1 is 1.24 bits per heavy atom. The highest BCUT2D eigenvalue weighted by atomic mass is 32.1. The number of rotatable bonds is 5. The molecular weight excluding hydrogens is 288 g/mol. The number of hydrogen-bond donors (Lipinski definition) is 1. The predicted molar refractivity (Wildman–Crippen MR) is 82.8 cm³/mol. The van der Waals surface area contributed by atoms with Crippen LogP contribution in [0.5, 0.6) is 0 Å². The molecule has 1 aliphatic carbocycles. The van der Waals surface area contributed by atoms with E-state index in [1.54, 1.807) is 11.3 Å². The summed E-state index contributed by atoms with van der Waals surface area (Å²) in [6.45, 7) is 2.79. The molecule has 4 heteroatoms. The van der Waals surface area contributed by atoms with Gasteiger partial charge in [0.2, 0.25) is 0 Å². The fourth-order valence-corrected chi connectivity index (χ4v) is 4.26. The summed E-state index contributed by atoms with van der Waals surface area (Å²) in [7, 11) is 0. The minimum absolute atomic E-state index is 0.144. The minimum atomic E-state index is -0.475. The monoisotopic (exact) mass is 307 g/mol. The first kappa shape index (κ1) is 14.7. The maximum Gasteiger partial charge on any atom is 0.131 e. The van der Waals surface area contributed by atoms with E-state index in [4.69, 9.17) is 0 Å². The van der Waals surface area contributed by atoms with Crippen LogP contribution in [0.3, 0.4) is 0 Å². The summed E-state index contributed by atoms with van der Waals surface area (Å²) in [5.74, 6) is -0.950. The Morgan fingerprint density at radius 2 is 2.00 bits per heavy atom. The van der Waals surface area contributed by atoms with Gasteiger partial charge in [-0.2, -0.15) is 0 Å². The maximum atomic E-state index is 14.1. The fraction of sp³-hybridized carbons (Fsp3) is 0.412. The normalized spacial score (nSPS) is 15.2. The quantitative estimate of drug-likeness (QED) is 0.851. The van der Waals surface area contributed by atoms with Crippen molar-refractivity contribution in [1.29, 1.82) is 0 Å². The Kier molecular flexibility index (Phi) is 4.36. The molecule has 1 atom stereocenters. The second-order valence-corrected chi connectivity index (χ2v) is 6.64. The van der Waals surface area contributed by atoms with Gasteiger partial charge in [0.25, 0.3) is 0 Å². The average Bonchev–Trinajstić information content (AvgIpc) is 3.03. The van der Waals surface area contributed by atoms with E-state index < -0.39 is 11.6 Å². The van der Waals surface area contributed by atoms with E-state index in [1.165, 1.54) is 35.1 Å². The summed E-state index contributed by atoms with van der Waals surface area (Å²) in [6, 6.07) is 5.83. The SMILES string of the molecule is CCCNC(c1cc2c(s1)CCC2)c1c(F)cccc1F. The third-order valence-electron chi connectivity index (χ3n) is 3.94. The second-order valence-electron chi connectivity index (χ2n) is 5.47. The molecule has 0 aliphatic heterocycles. The Bertz CT molecular complexity index is 594. The zero-order chi connectivity index (χ0) is 14.8. The first-order chi connectivity index (χ1) is 10.2. The lowest BCUT2D eigenvalue weighted by atomic mass is 10.0. The molecule has 1 N–H and O–H groups in total. The van der Waals surface area contributed by atoms with Crippen LogP contribution in [0.4, 0.5) is 8.78 Å². The highest BCUT2D eigenvalue weighted by molar-refractivity contribution is 7.12. The van der Waals surface area contributed by atoms with Crippen molar-refractivity contribution < 1.29 is 8.78 Å². The van der Waals surface area contributed by atoms with E-state index in [9.17, 15) is 8.78 Å². The van der Waals surface area contributed by atoms with Gasteiger partial charge in [-0.25, -0.2) is 8.78 Å². The molecule has 0 radical (unpaired) electrons. The van der Waals surface area contributed by atoms with Crippen LogP contribution in [0.2, 0.25) is 0 Å². The van der Waals surface area contributed by atoms with Crippen molar-refractivity contribution in [3.8, 4) is 0 Å². The van der Waals surface area contributed by atoms with Gasteiger partial charge >= 0.3 is 0 Å². The lowest BCUT2D eigenvalue weighted by Crippen LogP contribution is -2.24. The fourth-order valence-electron chi connectivity index (χ4n) is 2.91. The van der Waals surface area contributed by atoms with E-state index in [0.717, 1.165) is 30.7 Å². The van der Waals surface area contributed by atoms with Crippen molar-refractivity contribution in [1.82, 2.24) is 5.32 Å². The van der Waals surface area contributed by atoms with Crippen molar-refractivity contribution in [2.45, 2.75) is 38.6 Å². The van der Waals surface area contributed by atoms with Crippen molar-refractivity contribution in [3.05, 3.63) is 56.8 Å². The number of halogens is 2. The lowest BCUT2D eigenvalue weighted by Gasteiger charge is -2.19. The maximum absolute atomic E-state index is 14.1. The molecule has 0 bridgehead atoms. The molecule has 0 fully saturated rings. The number of benzene rings is 1. The first-order valence-corrected chi connectivity index (χ1v) is 8.31. The van der Waals surface area contributed by atoms with Gasteiger partial charge in [0.1, 0.15) is 11.6 Å². The summed E-state index contributed by atoms with van der Waals surface area (Å²) in [6.07, 6.45) is 4.31. The molecule has 0 saturated carbocycles. The number of hydrogen-bond acceptors (Lipinski definition) is 2. The summed E-state index contributed by atoms with van der Waals surface area (Å²) in [4.78, 5) is 2.40. The first-order valence-electron chi connectivity index (χ1n) is 7.49. The van der Waals surface area contributed by atoms with Crippen LogP contribution in [0.1, 0.15) is 46.7 Å². The number of thiophene rings is 1. The van der Waals surface area contributed by atoms with Crippen LogP contribution < -0.4 is 5.32 Å². The van der Waals surface area contributed by atoms with Gasteiger partial charge < -0.3 is 5.32 Å². The largest absolute Gasteiger partial charge is 0.305 e. The summed E-state index contributed by atoms with van der Waals surface area (Å²) in [5.41, 5.74) is 1.50. The van der Waals surface area contributed by atoms with Gasteiger partial charge in [-0.3, -0.25) is 0 Å². The topological polar surface area (TPSA) is 12.0 Å². The second kappa shape index (κ2) is 6.24. The zero-order valence-electron chi connectivity index (χ0n) is 12.1. The van der Waals surface area contributed by atoms with Crippen LogP contribution in [0.15, 0.2) is 24.3 Å². The Balaban J connectivity index is 2.00. The molecule has 1 aromatic heterocycles. The van der Waals surface area contributed by atoms with Crippen molar-refractivity contribution in [2.24, 2.45) is 0 Å². The van der Waals surface area contributed by atoms with Gasteiger partial charge in [0.05, 0.1) is 6.04 Å². The van der Waals surface area contributed by atoms with Crippen LogP contribution in [-0.2, 0) is 12.8 Å². The molecule has 2 aromatic rings. The molecule has 1 unspecified atom stereocenters. The molecule has 1 heterocycles. The molecule has 0 saturated heterocycles. The van der Waals surface area contributed by atoms with Gasteiger partial charge in [0, 0.05) is 15.3 Å². The summed E-state index contributed by atoms with van der Waals surface area (Å²) < 4.78 is 28.3. The van der Waals surface area contributed by atoms with E-state index in [1.807, 2.05) is 0 Å². The predicted octanol–water partition coefficient (Wildman–Crippen LogP) is 4.60. The Morgan fingerprint density at radius 3 is 2.67 bits per heavy atom. The third-order valence-corrected chi connectivity index (χ3v) is 5.24. The number of nitrogens with one attached hydrogen (secondary N) is 1. The van der Waals surface area contributed by atoms with Crippen LogP contribution in [0, 0.1) is 11.6 Å². The van der Waals surface area contributed by atoms with Gasteiger partial charge in [-0.1, -0.05) is 13.0 Å². The van der Waals surface area contributed by atoms with Gasteiger partial charge in [-0.15, -0.1) is 11.3 Å². The Labute approximate surface area is 128 Å². The summed E-state index contributed by atoms with van der Waals surface area (Å²) in [5, 5.41) is 3.30. The van der Waals surface area contributed by atoms with Crippen molar-refractivity contribution in [2.75, 3.05) is 6.54 Å². The van der Waals surface area contributed by atoms with Crippen molar-refractivity contribution in [3.63, 3.8) is 0 Å². The van der Waals surface area contributed by atoms with E-state index in [-0.39, 0.29) is 11.6 Å². The van der Waals surface area contributed by atoms with Gasteiger partial charge in [-0.05, 0) is 56.0 Å². The zero-order valence-corrected chi connectivity index (χ0v) is 12.9. The van der Waals surface area contributed by atoms with E-state index in [2.05, 4.69) is 18.3 Å². The lowest BCUT2D eigenvalue weighted by molar-refractivity contribution is 0.506. The number of aryl methyl sites for hydroxylation is 2. The molecule has 1 nitrogen and oxygen atoms in total. The van der Waals surface area contributed by atoms with E-state index in [0.29, 0.717) is 0 Å². The third kappa shape index (κ3) is 2.87. The van der Waals surface area contributed by atoms with Crippen LogP contribution >= 0.6 is 11.3 Å². The smallest absolute Gasteiger partial charge is 0.131 e. The minimum Gasteiger partial charge on any atom is -0.305 e. The highest BCUT2D eigenvalue weighted by Crippen LogP contribution is 2.37. The summed E-state index contributed by atoms with van der Waals surface area (Å²) >= 11 is 1.70. The van der Waals surface area contributed by atoms with Crippen molar-refractivity contribution >= 4 is 11.3 Å². The molecule has 0 amide bonds. The molecule has 1 aliphatic rings. The molecule has 112 valence electrons. The average molecular weight is 307 g/mol. The van der Waals surface area contributed by atoms with Crippen LogP contribution in [0.25, 0.3) is 0 Å². The molecule has 21 heavy (non-hydrogen) atoms. The standard InChI is InChI=1S/C17H19F2NS/c1-2-9-20-17(16-12(18)6-4-7-13(16)19)15-10-11-5-3-8-14(11)21-15/h4,6-7,10,17,20H,2-3,5,8-9H2,1H3. The molecule has 0 spiro atoms. The molecule has 1 aromatic carbocycles. The molecular formula is C17H19F2NS. The van der Waals surface area contributed by atoms with Gasteiger partial charge in [0.15, 0.2) is 0 Å². The highest BCUT2D eigenvalue weighted by Gasteiger charge is 2.25.